The van der Waals surface area contributed by atoms with Crippen molar-refractivity contribution in [3.63, 3.8) is 0 Å². The van der Waals surface area contributed by atoms with Crippen LogP contribution in [0.4, 0.5) is 0 Å². The third kappa shape index (κ3) is 3.19. The number of nitrogens with two attached hydrogens (primary N) is 1. The van der Waals surface area contributed by atoms with Gasteiger partial charge in [0.25, 0.3) is 10.2 Å². The molecule has 6 nitrogen and oxygen atoms in total. The number of ether oxygens (including phenoxy) is 2. The summed E-state index contributed by atoms with van der Waals surface area (Å²) in [5, 5.41) is 4.81. The molecular weight excluding hydrogens is 244 g/mol. The maximum absolute atomic E-state index is 10.7. The lowest BCUT2D eigenvalue weighted by molar-refractivity contribution is 0.319. The second kappa shape index (κ2) is 4.36. The third-order valence-electron chi connectivity index (χ3n) is 2.11. The van der Waals surface area contributed by atoms with Gasteiger partial charge in [0.1, 0.15) is 6.26 Å². The van der Waals surface area contributed by atoms with Crippen LogP contribution in [-0.4, -0.2) is 15.0 Å². The molecule has 1 aliphatic heterocycles. The Balaban J connectivity index is 2.08. The molecule has 17 heavy (non-hydrogen) atoms. The molecule has 0 saturated carbocycles. The summed E-state index contributed by atoms with van der Waals surface area (Å²) in [4.78, 5) is 0. The number of benzene rings is 1. The molecule has 0 radical (unpaired) electrons. The molecule has 0 bridgehead atoms. The van der Waals surface area contributed by atoms with Gasteiger partial charge in [-0.1, -0.05) is 6.07 Å². The van der Waals surface area contributed by atoms with E-state index >= 15 is 0 Å². The highest BCUT2D eigenvalue weighted by molar-refractivity contribution is 7.87. The van der Waals surface area contributed by atoms with E-state index in [1.807, 2.05) is 13.0 Å². The zero-order valence-corrected chi connectivity index (χ0v) is 9.95. The second-order valence-corrected chi connectivity index (χ2v) is 5.00. The number of aryl methyl sites for hydroxylation is 1. The number of hydrogen-bond acceptors (Lipinski definition) is 4. The van der Waals surface area contributed by atoms with Crippen molar-refractivity contribution in [3.05, 3.63) is 35.8 Å². The Bertz CT molecular complexity index is 566. The predicted octanol–water partition coefficient (Wildman–Crippen LogP) is 0.401. The molecule has 2 rings (SSSR count). The predicted molar refractivity (Wildman–Crippen MR) is 61.6 cm³/mol. The van der Waals surface area contributed by atoms with Gasteiger partial charge in [-0.05, 0) is 24.6 Å². The molecule has 0 saturated heterocycles. The van der Waals surface area contributed by atoms with Gasteiger partial charge < -0.3 is 9.47 Å². The first-order valence-corrected chi connectivity index (χ1v) is 6.40. The molecule has 1 aliphatic rings. The van der Waals surface area contributed by atoms with E-state index in [2.05, 4.69) is 4.72 Å². The number of nitrogens with one attached hydrogen (secondary N) is 1. The van der Waals surface area contributed by atoms with Gasteiger partial charge in [0.2, 0.25) is 0 Å². The molecule has 1 aromatic rings. The molecule has 0 atom stereocenters. The van der Waals surface area contributed by atoms with E-state index in [9.17, 15) is 8.42 Å². The van der Waals surface area contributed by atoms with E-state index in [0.29, 0.717) is 17.3 Å². The van der Waals surface area contributed by atoms with Crippen molar-refractivity contribution >= 4 is 10.2 Å². The molecule has 1 aromatic carbocycles. The zero-order chi connectivity index (χ0) is 12.5. The van der Waals surface area contributed by atoms with Crippen LogP contribution in [0.25, 0.3) is 0 Å². The largest absolute Gasteiger partial charge is 0.457 e. The standard InChI is InChI=1S/C10H12N2O4S/c1-7-2-3-9-10(4-7)16-8(6-15-9)5-12-17(11,13)14/h2-4,6,12H,5H2,1H3,(H2,11,13,14). The summed E-state index contributed by atoms with van der Waals surface area (Å²) in [7, 11) is -3.74. The van der Waals surface area contributed by atoms with Crippen molar-refractivity contribution < 1.29 is 17.9 Å². The lowest BCUT2D eigenvalue weighted by atomic mass is 10.2. The van der Waals surface area contributed by atoms with E-state index in [4.69, 9.17) is 14.6 Å². The van der Waals surface area contributed by atoms with Crippen LogP contribution in [0.3, 0.4) is 0 Å². The molecule has 0 unspecified atom stereocenters. The van der Waals surface area contributed by atoms with Crippen molar-refractivity contribution in [1.29, 1.82) is 0 Å². The third-order valence-corrected chi connectivity index (χ3v) is 2.65. The van der Waals surface area contributed by atoms with Crippen molar-refractivity contribution in [3.8, 4) is 11.5 Å². The zero-order valence-electron chi connectivity index (χ0n) is 9.14. The van der Waals surface area contributed by atoms with Gasteiger partial charge in [-0.15, -0.1) is 0 Å². The Labute approximate surface area is 99.2 Å². The van der Waals surface area contributed by atoms with Crippen LogP contribution in [0.15, 0.2) is 30.2 Å². The fourth-order valence-electron chi connectivity index (χ4n) is 1.34. The Morgan fingerprint density at radius 3 is 2.82 bits per heavy atom. The molecule has 0 amide bonds. The van der Waals surface area contributed by atoms with E-state index in [-0.39, 0.29) is 6.54 Å². The number of fused-ring (bicyclic) bond motifs is 1. The molecule has 1 heterocycles. The van der Waals surface area contributed by atoms with Gasteiger partial charge in [0.05, 0.1) is 6.54 Å². The van der Waals surface area contributed by atoms with E-state index in [1.54, 1.807) is 12.1 Å². The van der Waals surface area contributed by atoms with Crippen molar-refractivity contribution in [2.24, 2.45) is 5.14 Å². The summed E-state index contributed by atoms with van der Waals surface area (Å²) in [6.07, 6.45) is 1.34. The lowest BCUT2D eigenvalue weighted by Crippen LogP contribution is -2.33. The highest BCUT2D eigenvalue weighted by Crippen LogP contribution is 2.32. The monoisotopic (exact) mass is 256 g/mol. The average molecular weight is 256 g/mol. The normalized spacial score (nSPS) is 14.4. The average Bonchev–Trinajstić information content (AvgIpc) is 2.24. The van der Waals surface area contributed by atoms with E-state index in [1.165, 1.54) is 6.26 Å². The van der Waals surface area contributed by atoms with E-state index in [0.717, 1.165) is 5.56 Å². The first-order chi connectivity index (χ1) is 7.94. The van der Waals surface area contributed by atoms with Crippen molar-refractivity contribution in [2.45, 2.75) is 6.92 Å². The molecule has 0 fully saturated rings. The highest BCUT2D eigenvalue weighted by atomic mass is 32.2. The Morgan fingerprint density at radius 2 is 2.12 bits per heavy atom. The second-order valence-electron chi connectivity index (χ2n) is 3.62. The van der Waals surface area contributed by atoms with Gasteiger partial charge in [0, 0.05) is 0 Å². The van der Waals surface area contributed by atoms with Crippen molar-refractivity contribution in [2.75, 3.05) is 6.54 Å². The van der Waals surface area contributed by atoms with Crippen LogP contribution in [0.5, 0.6) is 11.5 Å². The highest BCUT2D eigenvalue weighted by Gasteiger charge is 2.15. The topological polar surface area (TPSA) is 90.6 Å². The summed E-state index contributed by atoms with van der Waals surface area (Å²) in [6, 6.07) is 5.48. The Morgan fingerprint density at radius 1 is 1.35 bits per heavy atom. The number of hydrogen-bond donors (Lipinski definition) is 2. The molecular formula is C10H12N2O4S. The van der Waals surface area contributed by atoms with Crippen LogP contribution in [0.2, 0.25) is 0 Å². The number of rotatable bonds is 3. The first kappa shape index (κ1) is 11.9. The Hall–Kier alpha value is -1.57. The Kier molecular flexibility index (Phi) is 3.05. The van der Waals surface area contributed by atoms with E-state index < -0.39 is 10.2 Å². The van der Waals surface area contributed by atoms with Gasteiger partial charge in [-0.25, -0.2) is 5.14 Å². The van der Waals surface area contributed by atoms with Crippen LogP contribution in [0.1, 0.15) is 5.56 Å². The minimum Gasteiger partial charge on any atom is -0.457 e. The maximum Gasteiger partial charge on any atom is 0.274 e. The van der Waals surface area contributed by atoms with Crippen LogP contribution >= 0.6 is 0 Å². The molecule has 0 aliphatic carbocycles. The summed E-state index contributed by atoms with van der Waals surface area (Å²) >= 11 is 0. The minimum atomic E-state index is -3.74. The smallest absolute Gasteiger partial charge is 0.274 e. The molecule has 0 aromatic heterocycles. The first-order valence-electron chi connectivity index (χ1n) is 4.86. The summed E-state index contributed by atoms with van der Waals surface area (Å²) in [5.74, 6) is 1.49. The summed E-state index contributed by atoms with van der Waals surface area (Å²) in [5.41, 5.74) is 1.02. The van der Waals surface area contributed by atoms with Crippen molar-refractivity contribution in [1.82, 2.24) is 4.72 Å². The molecule has 0 spiro atoms. The van der Waals surface area contributed by atoms with Gasteiger partial charge in [0.15, 0.2) is 17.3 Å². The van der Waals surface area contributed by atoms with Crippen LogP contribution in [0, 0.1) is 6.92 Å². The van der Waals surface area contributed by atoms with Crippen LogP contribution < -0.4 is 19.3 Å². The molecule has 92 valence electrons. The maximum atomic E-state index is 10.7. The molecule has 3 N–H and O–H groups in total. The van der Waals surface area contributed by atoms with Gasteiger partial charge in [-0.3, -0.25) is 0 Å². The molecule has 7 heteroatoms. The SMILES string of the molecule is Cc1ccc2c(c1)OC(CNS(N)(=O)=O)=CO2. The van der Waals surface area contributed by atoms with Crippen LogP contribution in [-0.2, 0) is 10.2 Å². The van der Waals surface area contributed by atoms with Gasteiger partial charge >= 0.3 is 0 Å². The summed E-state index contributed by atoms with van der Waals surface area (Å²) < 4.78 is 34.3. The minimum absolute atomic E-state index is 0.0494. The quantitative estimate of drug-likeness (QED) is 0.819. The fraction of sp³-hybridized carbons (Fsp3) is 0.200. The van der Waals surface area contributed by atoms with Gasteiger partial charge in [-0.2, -0.15) is 13.1 Å². The summed E-state index contributed by atoms with van der Waals surface area (Å²) in [6.45, 7) is 1.87. The lowest BCUT2D eigenvalue weighted by Gasteiger charge is -2.18. The fourth-order valence-corrected chi connectivity index (χ4v) is 1.68.